The number of methoxy groups -OCH3 is 3. The zero-order valence-corrected chi connectivity index (χ0v) is 23.0. The third-order valence-corrected chi connectivity index (χ3v) is 6.76. The fourth-order valence-corrected chi connectivity index (χ4v) is 4.94. The summed E-state index contributed by atoms with van der Waals surface area (Å²) in [7, 11) is 4.60. The summed E-state index contributed by atoms with van der Waals surface area (Å²) in [5, 5.41) is 11.8. The lowest BCUT2D eigenvalue weighted by Gasteiger charge is -2.29. The summed E-state index contributed by atoms with van der Waals surface area (Å²) in [5.41, 5.74) is 2.78. The number of nitrogens with one attached hydrogen (secondary N) is 2. The van der Waals surface area contributed by atoms with Crippen molar-refractivity contribution in [1.82, 2.24) is 19.7 Å². The second kappa shape index (κ2) is 10.8. The summed E-state index contributed by atoms with van der Waals surface area (Å²) in [5.74, 6) is 1.80. The van der Waals surface area contributed by atoms with E-state index in [-0.39, 0.29) is 5.91 Å². The van der Waals surface area contributed by atoms with Crippen molar-refractivity contribution in [3.8, 4) is 28.6 Å². The van der Waals surface area contributed by atoms with Gasteiger partial charge in [0.05, 0.1) is 38.8 Å². The van der Waals surface area contributed by atoms with Gasteiger partial charge in [0.25, 0.3) is 5.91 Å². The van der Waals surface area contributed by atoms with Gasteiger partial charge in [-0.25, -0.2) is 4.68 Å². The third kappa shape index (κ3) is 4.96. The number of nitrogens with zero attached hydrogens (tertiary/aromatic N) is 4. The van der Waals surface area contributed by atoms with E-state index in [1.54, 1.807) is 66.5 Å². The van der Waals surface area contributed by atoms with Crippen molar-refractivity contribution in [2.24, 2.45) is 0 Å². The minimum atomic E-state index is -0.717. The number of fused-ring (bicyclic) bond motifs is 1. The number of ether oxygens (including phenoxy) is 3. The SMILES string of the molecule is COc1cc(-c2nc3n(n2)C(c2ccc(Cl)cc2Cl)C(C(=O)Nc2cccnc2)=C(C)N3)cc(OC)c1OC. The second-order valence-corrected chi connectivity index (χ2v) is 9.39. The highest BCUT2D eigenvalue weighted by atomic mass is 35.5. The van der Waals surface area contributed by atoms with Gasteiger partial charge in [0.2, 0.25) is 11.7 Å². The van der Waals surface area contributed by atoms with Crippen LogP contribution in [0.15, 0.2) is 66.1 Å². The van der Waals surface area contributed by atoms with Crippen LogP contribution in [0.3, 0.4) is 0 Å². The number of allylic oxidation sites excluding steroid dienone is 1. The molecule has 200 valence electrons. The summed E-state index contributed by atoms with van der Waals surface area (Å²) in [6, 6.07) is 11.4. The lowest BCUT2D eigenvalue weighted by atomic mass is 9.95. The van der Waals surface area contributed by atoms with Crippen LogP contribution in [0.4, 0.5) is 11.6 Å². The van der Waals surface area contributed by atoms with E-state index in [2.05, 4.69) is 15.6 Å². The number of halogens is 2. The Labute approximate surface area is 234 Å². The number of amides is 1. The largest absolute Gasteiger partial charge is 0.493 e. The van der Waals surface area contributed by atoms with E-state index in [1.165, 1.54) is 21.3 Å². The van der Waals surface area contributed by atoms with Crippen molar-refractivity contribution in [2.45, 2.75) is 13.0 Å². The van der Waals surface area contributed by atoms with Crippen LogP contribution in [-0.4, -0.2) is 47.0 Å². The van der Waals surface area contributed by atoms with Gasteiger partial charge in [-0.15, -0.1) is 5.10 Å². The van der Waals surface area contributed by atoms with Crippen molar-refractivity contribution in [3.63, 3.8) is 0 Å². The molecule has 0 radical (unpaired) electrons. The minimum Gasteiger partial charge on any atom is -0.493 e. The van der Waals surface area contributed by atoms with Crippen LogP contribution in [0.1, 0.15) is 18.5 Å². The lowest BCUT2D eigenvalue weighted by molar-refractivity contribution is -0.113. The molecule has 5 rings (SSSR count). The zero-order chi connectivity index (χ0) is 27.7. The molecule has 0 aliphatic carbocycles. The molecule has 12 heteroatoms. The molecule has 10 nitrogen and oxygen atoms in total. The van der Waals surface area contributed by atoms with E-state index in [0.717, 1.165) is 0 Å². The first kappa shape index (κ1) is 26.3. The molecule has 2 aromatic heterocycles. The van der Waals surface area contributed by atoms with Gasteiger partial charge in [0, 0.05) is 33.1 Å². The van der Waals surface area contributed by atoms with Gasteiger partial charge in [-0.1, -0.05) is 29.3 Å². The van der Waals surface area contributed by atoms with Crippen LogP contribution in [0.2, 0.25) is 10.0 Å². The van der Waals surface area contributed by atoms with E-state index >= 15 is 0 Å². The Morgan fingerprint density at radius 1 is 1.05 bits per heavy atom. The number of benzene rings is 2. The Bertz CT molecular complexity index is 1560. The Kier molecular flexibility index (Phi) is 7.32. The van der Waals surface area contributed by atoms with Gasteiger partial charge in [-0.3, -0.25) is 9.78 Å². The molecule has 2 aromatic carbocycles. The molecule has 1 aliphatic heterocycles. The number of hydrogen-bond acceptors (Lipinski definition) is 8. The topological polar surface area (TPSA) is 112 Å². The smallest absolute Gasteiger partial charge is 0.255 e. The molecular formula is C27H24Cl2N6O4. The van der Waals surface area contributed by atoms with Gasteiger partial charge >= 0.3 is 0 Å². The first-order valence-electron chi connectivity index (χ1n) is 11.8. The molecule has 0 saturated carbocycles. The second-order valence-electron chi connectivity index (χ2n) is 8.55. The molecule has 0 saturated heterocycles. The van der Waals surface area contributed by atoms with Crippen molar-refractivity contribution in [2.75, 3.05) is 32.0 Å². The fourth-order valence-electron chi connectivity index (χ4n) is 4.42. The molecular weight excluding hydrogens is 543 g/mol. The molecule has 0 bridgehead atoms. The predicted molar refractivity (Wildman–Crippen MR) is 149 cm³/mol. The summed E-state index contributed by atoms with van der Waals surface area (Å²) < 4.78 is 18.1. The number of hydrogen-bond donors (Lipinski definition) is 2. The summed E-state index contributed by atoms with van der Waals surface area (Å²) in [6.45, 7) is 1.80. The number of rotatable bonds is 7. The van der Waals surface area contributed by atoms with Crippen LogP contribution in [-0.2, 0) is 4.79 Å². The predicted octanol–water partition coefficient (Wildman–Crippen LogP) is 5.60. The van der Waals surface area contributed by atoms with Gasteiger partial charge in [0.1, 0.15) is 6.04 Å². The first-order valence-corrected chi connectivity index (χ1v) is 12.5. The molecule has 39 heavy (non-hydrogen) atoms. The molecule has 1 unspecified atom stereocenters. The number of carbonyl (C=O) groups excluding carboxylic acids is 1. The molecule has 1 aliphatic rings. The number of carbonyl (C=O) groups is 1. The third-order valence-electron chi connectivity index (χ3n) is 6.20. The van der Waals surface area contributed by atoms with Crippen molar-refractivity contribution < 1.29 is 19.0 Å². The monoisotopic (exact) mass is 566 g/mol. The molecule has 3 heterocycles. The number of anilines is 2. The van der Waals surface area contributed by atoms with Crippen LogP contribution in [0.25, 0.3) is 11.4 Å². The summed E-state index contributed by atoms with van der Waals surface area (Å²) in [4.78, 5) is 22.4. The molecule has 1 atom stereocenters. The highest BCUT2D eigenvalue weighted by Crippen LogP contribution is 2.43. The summed E-state index contributed by atoms with van der Waals surface area (Å²) >= 11 is 12.9. The maximum absolute atomic E-state index is 13.6. The fraction of sp³-hybridized carbons (Fsp3) is 0.185. The van der Waals surface area contributed by atoms with E-state index in [9.17, 15) is 4.79 Å². The number of aromatic nitrogens is 4. The van der Waals surface area contributed by atoms with Crippen LogP contribution in [0, 0.1) is 0 Å². The van der Waals surface area contributed by atoms with Crippen molar-refractivity contribution >= 4 is 40.7 Å². The van der Waals surface area contributed by atoms with Gasteiger partial charge < -0.3 is 24.8 Å². The lowest BCUT2D eigenvalue weighted by Crippen LogP contribution is -2.31. The normalized spacial score (nSPS) is 14.4. The molecule has 2 N–H and O–H groups in total. The Morgan fingerprint density at radius 2 is 1.79 bits per heavy atom. The highest BCUT2D eigenvalue weighted by Gasteiger charge is 2.36. The van der Waals surface area contributed by atoms with Crippen LogP contribution >= 0.6 is 23.2 Å². The molecule has 1 amide bonds. The minimum absolute atomic E-state index is 0.348. The average Bonchev–Trinajstić information content (AvgIpc) is 3.36. The van der Waals surface area contributed by atoms with Gasteiger partial charge in [-0.2, -0.15) is 4.98 Å². The maximum atomic E-state index is 13.6. The van der Waals surface area contributed by atoms with Crippen molar-refractivity contribution in [1.29, 1.82) is 0 Å². The van der Waals surface area contributed by atoms with E-state index in [4.69, 9.17) is 47.5 Å². The van der Waals surface area contributed by atoms with E-state index in [0.29, 0.717) is 67.2 Å². The van der Waals surface area contributed by atoms with E-state index in [1.807, 2.05) is 0 Å². The van der Waals surface area contributed by atoms with E-state index < -0.39 is 6.04 Å². The maximum Gasteiger partial charge on any atom is 0.255 e. The standard InChI is InChI=1S/C27H24Cl2N6O4/c1-14-22(26(36)32-17-6-5-9-30-13-17)23(18-8-7-16(28)12-19(18)29)35-27(31-14)33-25(34-35)15-10-20(37-2)24(39-4)21(11-15)38-3/h5-13,23H,1-4H3,(H,32,36)(H,31,33,34). The van der Waals surface area contributed by atoms with Gasteiger partial charge in [-0.05, 0) is 43.3 Å². The number of pyridine rings is 1. The van der Waals surface area contributed by atoms with Crippen LogP contribution in [0.5, 0.6) is 17.2 Å². The zero-order valence-electron chi connectivity index (χ0n) is 21.5. The molecule has 0 fully saturated rings. The highest BCUT2D eigenvalue weighted by molar-refractivity contribution is 6.35. The van der Waals surface area contributed by atoms with Gasteiger partial charge in [0.15, 0.2) is 17.3 Å². The van der Waals surface area contributed by atoms with Crippen LogP contribution < -0.4 is 24.8 Å². The Balaban J connectivity index is 1.65. The quantitative estimate of drug-likeness (QED) is 0.297. The summed E-state index contributed by atoms with van der Waals surface area (Å²) in [6.07, 6.45) is 3.20. The molecule has 4 aromatic rings. The first-order chi connectivity index (χ1) is 18.8. The average molecular weight is 567 g/mol. The van der Waals surface area contributed by atoms with Crippen molar-refractivity contribution in [3.05, 3.63) is 81.7 Å². The Hall–Kier alpha value is -4.28. The Morgan fingerprint density at radius 3 is 2.41 bits per heavy atom. The molecule has 0 spiro atoms.